The minimum Gasteiger partial charge on any atom is -0.385 e. The Morgan fingerprint density at radius 1 is 1.60 bits per heavy atom. The Morgan fingerprint density at radius 3 is 2.60 bits per heavy atom. The van der Waals surface area contributed by atoms with Gasteiger partial charge in [-0.25, -0.2) is 8.78 Å². The molecule has 0 aromatic rings. The van der Waals surface area contributed by atoms with Crippen molar-refractivity contribution >= 4 is 5.91 Å². The molecule has 15 heavy (non-hydrogen) atoms. The average Bonchev–Trinajstić information content (AvgIpc) is 2.22. The second-order valence-corrected chi connectivity index (χ2v) is 3.00. The Balaban J connectivity index is 3.74. The minimum absolute atomic E-state index is 0.0110. The van der Waals surface area contributed by atoms with Crippen LogP contribution in [0.5, 0.6) is 0 Å². The van der Waals surface area contributed by atoms with Crippen molar-refractivity contribution in [2.75, 3.05) is 20.2 Å². The molecule has 0 spiro atoms. The third-order valence-corrected chi connectivity index (χ3v) is 1.81. The van der Waals surface area contributed by atoms with Crippen molar-refractivity contribution in [2.45, 2.75) is 25.1 Å². The highest BCUT2D eigenvalue weighted by molar-refractivity contribution is 5.76. The maximum Gasteiger partial charge on any atom is 0.265 e. The van der Waals surface area contributed by atoms with Crippen molar-refractivity contribution < 1.29 is 23.4 Å². The molecule has 0 rings (SSSR count). The van der Waals surface area contributed by atoms with Crippen LogP contribution in [0.4, 0.5) is 8.78 Å². The smallest absolute Gasteiger partial charge is 0.265 e. The summed E-state index contributed by atoms with van der Waals surface area (Å²) in [5.74, 6) is -0.480. The first-order valence-electron chi connectivity index (χ1n) is 4.47. The molecule has 0 radical (unpaired) electrons. The number of amides is 1. The number of ether oxygens (including phenoxy) is 1. The summed E-state index contributed by atoms with van der Waals surface area (Å²) in [6, 6.07) is 0. The van der Waals surface area contributed by atoms with E-state index in [0.717, 1.165) is 0 Å². The zero-order valence-electron chi connectivity index (χ0n) is 8.45. The lowest BCUT2D eigenvalue weighted by molar-refractivity contribution is -0.124. The first kappa shape index (κ1) is 14.2. The summed E-state index contributed by atoms with van der Waals surface area (Å²) in [5, 5.41) is 10.9. The number of hydrogen-bond acceptors (Lipinski definition) is 4. The quantitative estimate of drug-likeness (QED) is 0.525. The van der Waals surface area contributed by atoms with E-state index in [4.69, 9.17) is 15.6 Å². The molecule has 0 aliphatic carbocycles. The highest BCUT2D eigenvalue weighted by Crippen LogP contribution is 1.99. The van der Waals surface area contributed by atoms with E-state index in [1.54, 1.807) is 0 Å². The first-order chi connectivity index (χ1) is 7.01. The van der Waals surface area contributed by atoms with Crippen molar-refractivity contribution in [3.05, 3.63) is 0 Å². The van der Waals surface area contributed by atoms with Crippen LogP contribution in [0, 0.1) is 0 Å². The molecule has 0 saturated carbocycles. The Hall–Kier alpha value is -0.790. The van der Waals surface area contributed by atoms with Crippen molar-refractivity contribution in [2.24, 2.45) is 5.73 Å². The number of halogens is 2. The Labute approximate surface area is 86.6 Å². The summed E-state index contributed by atoms with van der Waals surface area (Å²) in [6.07, 6.45) is -5.15. The number of rotatable bonds is 7. The first-order valence-corrected chi connectivity index (χ1v) is 4.47. The summed E-state index contributed by atoms with van der Waals surface area (Å²) in [7, 11) is 1.40. The van der Waals surface area contributed by atoms with Crippen LogP contribution in [-0.4, -0.2) is 49.8 Å². The molecule has 5 nitrogen and oxygen atoms in total. The van der Waals surface area contributed by atoms with E-state index in [0.29, 0.717) is 0 Å². The van der Waals surface area contributed by atoms with Crippen LogP contribution in [0.2, 0.25) is 0 Å². The molecule has 0 bridgehead atoms. The molecule has 0 heterocycles. The van der Waals surface area contributed by atoms with E-state index in [-0.39, 0.29) is 13.0 Å². The lowest BCUT2D eigenvalue weighted by atomic mass is 10.2. The average molecular weight is 226 g/mol. The van der Waals surface area contributed by atoms with E-state index in [2.05, 4.69) is 5.32 Å². The summed E-state index contributed by atoms with van der Waals surface area (Å²) in [5.41, 5.74) is 5.26. The molecular formula is C8H16F2N2O3. The molecule has 2 atom stereocenters. The third-order valence-electron chi connectivity index (χ3n) is 1.81. The summed E-state index contributed by atoms with van der Waals surface area (Å²) < 4.78 is 28.5. The monoisotopic (exact) mass is 226 g/mol. The van der Waals surface area contributed by atoms with E-state index in [1.165, 1.54) is 7.11 Å². The summed E-state index contributed by atoms with van der Waals surface area (Å²) in [4.78, 5) is 11.1. The van der Waals surface area contributed by atoms with Gasteiger partial charge in [0.25, 0.3) is 6.43 Å². The fraction of sp³-hybridized carbons (Fsp3) is 0.875. The Kier molecular flexibility index (Phi) is 7.10. The van der Waals surface area contributed by atoms with Crippen molar-refractivity contribution in [3.8, 4) is 0 Å². The van der Waals surface area contributed by atoms with E-state index < -0.39 is 31.1 Å². The van der Waals surface area contributed by atoms with E-state index >= 15 is 0 Å². The number of methoxy groups -OCH3 is 1. The molecule has 1 amide bonds. The highest BCUT2D eigenvalue weighted by atomic mass is 19.3. The van der Waals surface area contributed by atoms with Gasteiger partial charge in [-0.3, -0.25) is 4.79 Å². The van der Waals surface area contributed by atoms with Gasteiger partial charge in [-0.15, -0.1) is 0 Å². The molecule has 0 aliphatic rings. The maximum absolute atomic E-state index is 11.8. The topological polar surface area (TPSA) is 84.6 Å². The molecule has 0 saturated heterocycles. The SMILES string of the molecule is COC(CN)CC(=O)NCC(O)C(F)F. The number of nitrogens with two attached hydrogens (primary N) is 1. The molecule has 0 aromatic heterocycles. The fourth-order valence-electron chi connectivity index (χ4n) is 0.849. The number of alkyl halides is 2. The standard InChI is InChI=1S/C8H16F2N2O3/c1-15-5(3-11)2-7(14)12-4-6(13)8(9)10/h5-6,8,13H,2-4,11H2,1H3,(H,12,14). The lowest BCUT2D eigenvalue weighted by Crippen LogP contribution is -2.38. The number of carbonyl (C=O) groups is 1. The van der Waals surface area contributed by atoms with Crippen molar-refractivity contribution in [1.29, 1.82) is 0 Å². The van der Waals surface area contributed by atoms with Crippen LogP contribution >= 0.6 is 0 Å². The molecule has 0 fully saturated rings. The second kappa shape index (κ2) is 7.49. The van der Waals surface area contributed by atoms with Gasteiger partial charge in [-0.2, -0.15) is 0 Å². The van der Waals surface area contributed by atoms with E-state index in [9.17, 15) is 13.6 Å². The van der Waals surface area contributed by atoms with Gasteiger partial charge in [0.15, 0.2) is 0 Å². The van der Waals surface area contributed by atoms with Crippen LogP contribution in [0.15, 0.2) is 0 Å². The number of nitrogens with one attached hydrogen (secondary N) is 1. The zero-order valence-corrected chi connectivity index (χ0v) is 8.45. The Morgan fingerprint density at radius 2 is 2.20 bits per heavy atom. The molecule has 2 unspecified atom stereocenters. The van der Waals surface area contributed by atoms with Gasteiger partial charge in [-0.05, 0) is 0 Å². The number of carbonyl (C=O) groups excluding carboxylic acids is 1. The fourth-order valence-corrected chi connectivity index (χ4v) is 0.849. The van der Waals surface area contributed by atoms with Gasteiger partial charge < -0.3 is 20.9 Å². The zero-order chi connectivity index (χ0) is 11.8. The van der Waals surface area contributed by atoms with Crippen LogP contribution in [0.3, 0.4) is 0 Å². The van der Waals surface area contributed by atoms with Crippen LogP contribution in [0.25, 0.3) is 0 Å². The molecule has 0 aliphatic heterocycles. The van der Waals surface area contributed by atoms with Crippen LogP contribution in [0.1, 0.15) is 6.42 Å². The molecule has 90 valence electrons. The van der Waals surface area contributed by atoms with Gasteiger partial charge in [0, 0.05) is 20.2 Å². The largest absolute Gasteiger partial charge is 0.385 e. The van der Waals surface area contributed by atoms with Gasteiger partial charge in [0.05, 0.1) is 12.5 Å². The minimum atomic E-state index is -2.86. The van der Waals surface area contributed by atoms with Gasteiger partial charge in [0.1, 0.15) is 6.10 Å². The third kappa shape index (κ3) is 6.32. The van der Waals surface area contributed by atoms with Crippen LogP contribution < -0.4 is 11.1 Å². The lowest BCUT2D eigenvalue weighted by Gasteiger charge is -2.14. The second-order valence-electron chi connectivity index (χ2n) is 3.00. The predicted molar refractivity (Wildman–Crippen MR) is 49.5 cm³/mol. The van der Waals surface area contributed by atoms with Gasteiger partial charge in [-0.1, -0.05) is 0 Å². The molecular weight excluding hydrogens is 210 g/mol. The molecule has 4 N–H and O–H groups in total. The maximum atomic E-state index is 11.8. The predicted octanol–water partition coefficient (Wildman–Crippen LogP) is -0.908. The Bertz CT molecular complexity index is 189. The van der Waals surface area contributed by atoms with Gasteiger partial charge in [0.2, 0.25) is 5.91 Å². The highest BCUT2D eigenvalue weighted by Gasteiger charge is 2.18. The molecule has 0 aromatic carbocycles. The number of aliphatic hydroxyl groups is 1. The van der Waals surface area contributed by atoms with E-state index in [1.807, 2.05) is 0 Å². The summed E-state index contributed by atoms with van der Waals surface area (Å²) in [6.45, 7) is -0.307. The van der Waals surface area contributed by atoms with Crippen LogP contribution in [-0.2, 0) is 9.53 Å². The van der Waals surface area contributed by atoms with Crippen molar-refractivity contribution in [1.82, 2.24) is 5.32 Å². The van der Waals surface area contributed by atoms with Gasteiger partial charge >= 0.3 is 0 Å². The number of hydrogen-bond donors (Lipinski definition) is 3. The number of aliphatic hydroxyl groups excluding tert-OH is 1. The molecule has 7 heteroatoms. The normalized spacial score (nSPS) is 15.1. The van der Waals surface area contributed by atoms with Crippen molar-refractivity contribution in [3.63, 3.8) is 0 Å². The summed E-state index contributed by atoms with van der Waals surface area (Å²) >= 11 is 0.